The second-order valence-electron chi connectivity index (χ2n) is 6.70. The van der Waals surface area contributed by atoms with Gasteiger partial charge in [-0.15, -0.1) is 0 Å². The van der Waals surface area contributed by atoms with Gasteiger partial charge in [0.2, 0.25) is 5.91 Å². The van der Waals surface area contributed by atoms with Crippen molar-refractivity contribution < 1.29 is 17.9 Å². The summed E-state index contributed by atoms with van der Waals surface area (Å²) in [5.74, 6) is 0.0257. The molecule has 1 N–H and O–H groups in total. The lowest BCUT2D eigenvalue weighted by molar-refractivity contribution is -0.115. The zero-order valence-electron chi connectivity index (χ0n) is 16.1. The van der Waals surface area contributed by atoms with Gasteiger partial charge in [0.15, 0.2) is 9.84 Å². The molecule has 0 aliphatic rings. The van der Waals surface area contributed by atoms with Gasteiger partial charge in [-0.1, -0.05) is 0 Å². The maximum Gasteiger partial charge on any atom is 0.225 e. The Bertz CT molecular complexity index is 858. The summed E-state index contributed by atoms with van der Waals surface area (Å²) in [7, 11) is 0.327. The predicted octanol–water partition coefficient (Wildman–Crippen LogP) is 3.34. The molecule has 0 spiro atoms. The number of amides is 1. The number of carbonyl (C=O) groups is 1. The first kappa shape index (κ1) is 20.8. The Morgan fingerprint density at radius 1 is 1.04 bits per heavy atom. The fourth-order valence-electron chi connectivity index (χ4n) is 2.41. The van der Waals surface area contributed by atoms with E-state index in [-0.39, 0.29) is 29.1 Å². The minimum absolute atomic E-state index is 0.0166. The number of nitrogens with zero attached hydrogens (tertiary/aromatic N) is 1. The molecule has 6 nitrogen and oxygen atoms in total. The molecule has 0 bridgehead atoms. The lowest BCUT2D eigenvalue weighted by Crippen LogP contribution is -2.17. The van der Waals surface area contributed by atoms with Gasteiger partial charge in [-0.05, 0) is 62.4 Å². The van der Waals surface area contributed by atoms with E-state index in [1.165, 1.54) is 12.1 Å². The third kappa shape index (κ3) is 6.29. The Hall–Kier alpha value is -2.54. The molecule has 0 atom stereocenters. The molecule has 0 aliphatic heterocycles. The molecule has 0 radical (unpaired) electrons. The maximum atomic E-state index is 12.4. The van der Waals surface area contributed by atoms with Gasteiger partial charge in [0.1, 0.15) is 5.75 Å². The second-order valence-corrected chi connectivity index (χ2v) is 8.81. The third-order valence-corrected chi connectivity index (χ3v) is 5.55. The third-order valence-electron chi connectivity index (χ3n) is 3.82. The SMILES string of the molecule is CC(C)Oc1ccc(S(=O)(=O)CCC(=O)Nc2ccc(N(C)C)cc2)cc1. The van der Waals surface area contributed by atoms with Gasteiger partial charge in [0.05, 0.1) is 16.8 Å². The normalized spacial score (nSPS) is 11.3. The van der Waals surface area contributed by atoms with Crippen molar-refractivity contribution in [3.63, 3.8) is 0 Å². The fourth-order valence-corrected chi connectivity index (χ4v) is 3.65. The van der Waals surface area contributed by atoms with Gasteiger partial charge in [-0.3, -0.25) is 4.79 Å². The van der Waals surface area contributed by atoms with Gasteiger partial charge in [-0.2, -0.15) is 0 Å². The zero-order valence-corrected chi connectivity index (χ0v) is 16.9. The Kier molecular flexibility index (Phi) is 6.85. The van der Waals surface area contributed by atoms with Crippen molar-refractivity contribution in [2.24, 2.45) is 0 Å². The van der Waals surface area contributed by atoms with E-state index in [4.69, 9.17) is 4.74 Å². The first-order chi connectivity index (χ1) is 12.7. The molecule has 0 saturated heterocycles. The van der Waals surface area contributed by atoms with Crippen LogP contribution in [0, 0.1) is 0 Å². The standard InChI is InChI=1S/C20H26N2O4S/c1-15(2)26-18-9-11-19(12-10-18)27(24,25)14-13-20(23)21-16-5-7-17(8-6-16)22(3)4/h5-12,15H,13-14H2,1-4H3,(H,21,23). The van der Waals surface area contributed by atoms with Crippen LogP contribution in [0.3, 0.4) is 0 Å². The van der Waals surface area contributed by atoms with E-state index in [1.807, 2.05) is 45.0 Å². The van der Waals surface area contributed by atoms with Crippen LogP contribution in [0.15, 0.2) is 53.4 Å². The number of benzene rings is 2. The van der Waals surface area contributed by atoms with E-state index in [0.29, 0.717) is 11.4 Å². The van der Waals surface area contributed by atoms with Crippen molar-refractivity contribution in [1.29, 1.82) is 0 Å². The molecule has 2 aromatic carbocycles. The number of sulfone groups is 1. The van der Waals surface area contributed by atoms with Gasteiger partial charge < -0.3 is 15.0 Å². The van der Waals surface area contributed by atoms with Gasteiger partial charge in [-0.25, -0.2) is 8.42 Å². The molecule has 1 amide bonds. The van der Waals surface area contributed by atoms with Crippen LogP contribution in [0.2, 0.25) is 0 Å². The molecular formula is C20H26N2O4S. The minimum Gasteiger partial charge on any atom is -0.491 e. The van der Waals surface area contributed by atoms with Crippen LogP contribution in [0.1, 0.15) is 20.3 Å². The molecule has 0 aliphatic carbocycles. The highest BCUT2D eigenvalue weighted by Gasteiger charge is 2.17. The number of anilines is 2. The summed E-state index contributed by atoms with van der Waals surface area (Å²) in [5, 5.41) is 2.72. The van der Waals surface area contributed by atoms with Crippen molar-refractivity contribution in [2.75, 3.05) is 30.1 Å². The van der Waals surface area contributed by atoms with E-state index < -0.39 is 9.84 Å². The van der Waals surface area contributed by atoms with Gasteiger partial charge in [0, 0.05) is 31.9 Å². The highest BCUT2D eigenvalue weighted by atomic mass is 32.2. The van der Waals surface area contributed by atoms with Crippen LogP contribution in [0.25, 0.3) is 0 Å². The summed E-state index contributed by atoms with van der Waals surface area (Å²) >= 11 is 0. The minimum atomic E-state index is -3.53. The average Bonchev–Trinajstić information content (AvgIpc) is 2.60. The predicted molar refractivity (Wildman–Crippen MR) is 108 cm³/mol. The molecule has 0 saturated carbocycles. The molecule has 0 heterocycles. The van der Waals surface area contributed by atoms with E-state index in [0.717, 1.165) is 5.69 Å². The highest BCUT2D eigenvalue weighted by molar-refractivity contribution is 7.91. The number of carbonyl (C=O) groups excluding carboxylic acids is 1. The molecule has 27 heavy (non-hydrogen) atoms. The molecule has 7 heteroatoms. The van der Waals surface area contributed by atoms with Crippen molar-refractivity contribution in [3.8, 4) is 5.75 Å². The van der Waals surface area contributed by atoms with E-state index >= 15 is 0 Å². The number of ether oxygens (including phenoxy) is 1. The van der Waals surface area contributed by atoms with Gasteiger partial charge in [0.25, 0.3) is 0 Å². The molecule has 0 unspecified atom stereocenters. The largest absolute Gasteiger partial charge is 0.491 e. The monoisotopic (exact) mass is 390 g/mol. The molecular weight excluding hydrogens is 364 g/mol. The van der Waals surface area contributed by atoms with Crippen molar-refractivity contribution >= 4 is 27.1 Å². The van der Waals surface area contributed by atoms with Crippen LogP contribution in [0.5, 0.6) is 5.75 Å². The Morgan fingerprint density at radius 3 is 2.15 bits per heavy atom. The summed E-state index contributed by atoms with van der Waals surface area (Å²) in [6.07, 6.45) is -0.0925. The quantitative estimate of drug-likeness (QED) is 0.748. The van der Waals surface area contributed by atoms with Crippen LogP contribution in [0.4, 0.5) is 11.4 Å². The molecule has 0 aromatic heterocycles. The van der Waals surface area contributed by atoms with E-state index in [2.05, 4.69) is 5.32 Å². The van der Waals surface area contributed by atoms with Crippen molar-refractivity contribution in [2.45, 2.75) is 31.3 Å². The summed E-state index contributed by atoms with van der Waals surface area (Å²) < 4.78 is 30.3. The summed E-state index contributed by atoms with van der Waals surface area (Å²) in [6.45, 7) is 3.80. The molecule has 2 rings (SSSR count). The lowest BCUT2D eigenvalue weighted by Gasteiger charge is -2.13. The number of hydrogen-bond donors (Lipinski definition) is 1. The smallest absolute Gasteiger partial charge is 0.225 e. The van der Waals surface area contributed by atoms with Gasteiger partial charge >= 0.3 is 0 Å². The summed E-state index contributed by atoms with van der Waals surface area (Å²) in [6, 6.07) is 13.6. The molecule has 0 fully saturated rings. The zero-order chi connectivity index (χ0) is 20.0. The lowest BCUT2D eigenvalue weighted by atomic mass is 10.2. The number of hydrogen-bond acceptors (Lipinski definition) is 5. The average molecular weight is 391 g/mol. The highest BCUT2D eigenvalue weighted by Crippen LogP contribution is 2.19. The van der Waals surface area contributed by atoms with Crippen LogP contribution < -0.4 is 15.0 Å². The molecule has 146 valence electrons. The second kappa shape index (κ2) is 8.90. The van der Waals surface area contributed by atoms with Crippen molar-refractivity contribution in [3.05, 3.63) is 48.5 Å². The van der Waals surface area contributed by atoms with Crippen LogP contribution in [-0.4, -0.2) is 40.3 Å². The summed E-state index contributed by atoms with van der Waals surface area (Å²) in [4.78, 5) is 14.2. The Balaban J connectivity index is 1.92. The number of rotatable bonds is 8. The fraction of sp³-hybridized carbons (Fsp3) is 0.350. The topological polar surface area (TPSA) is 75.7 Å². The van der Waals surface area contributed by atoms with Crippen LogP contribution in [-0.2, 0) is 14.6 Å². The van der Waals surface area contributed by atoms with E-state index in [9.17, 15) is 13.2 Å². The first-order valence-corrected chi connectivity index (χ1v) is 10.4. The van der Waals surface area contributed by atoms with E-state index in [1.54, 1.807) is 24.3 Å². The molecule has 2 aromatic rings. The number of nitrogens with one attached hydrogen (secondary N) is 1. The first-order valence-electron chi connectivity index (χ1n) is 8.74. The Labute approximate surface area is 161 Å². The van der Waals surface area contributed by atoms with Crippen LogP contribution >= 0.6 is 0 Å². The summed E-state index contributed by atoms with van der Waals surface area (Å²) in [5.41, 5.74) is 1.65. The Morgan fingerprint density at radius 2 is 1.63 bits per heavy atom. The van der Waals surface area contributed by atoms with Crippen molar-refractivity contribution in [1.82, 2.24) is 0 Å². The maximum absolute atomic E-state index is 12.4.